The van der Waals surface area contributed by atoms with E-state index < -0.39 is 24.0 Å². The van der Waals surface area contributed by atoms with Gasteiger partial charge in [-0.2, -0.15) is 0 Å². The van der Waals surface area contributed by atoms with Crippen molar-refractivity contribution in [2.75, 3.05) is 0 Å². The number of fused-ring (bicyclic) bond motifs is 1. The van der Waals surface area contributed by atoms with Crippen molar-refractivity contribution >= 4 is 28.8 Å². The predicted molar refractivity (Wildman–Crippen MR) is 110 cm³/mol. The number of nitrogens with one attached hydrogen (secondary N) is 3. The third kappa shape index (κ3) is 6.07. The van der Waals surface area contributed by atoms with Crippen molar-refractivity contribution in [1.82, 2.24) is 15.6 Å². The van der Waals surface area contributed by atoms with Crippen LogP contribution in [0, 0.1) is 0 Å². The second-order valence-corrected chi connectivity index (χ2v) is 7.64. The van der Waals surface area contributed by atoms with E-state index in [1.165, 1.54) is 13.3 Å². The third-order valence-electron chi connectivity index (χ3n) is 5.36. The summed E-state index contributed by atoms with van der Waals surface area (Å²) in [6.07, 6.45) is 7.75. The summed E-state index contributed by atoms with van der Waals surface area (Å²) in [6, 6.07) is 7.60. The summed E-state index contributed by atoms with van der Waals surface area (Å²) in [6.45, 7) is 1.47. The number of amides is 3. The maximum absolute atomic E-state index is 12.1. The summed E-state index contributed by atoms with van der Waals surface area (Å²) in [5.41, 5.74) is 2.22. The number of aromatic amines is 1. The van der Waals surface area contributed by atoms with Gasteiger partial charge in [0.05, 0.1) is 0 Å². The van der Waals surface area contributed by atoms with Gasteiger partial charge in [-0.15, -0.1) is 0 Å². The van der Waals surface area contributed by atoms with Crippen LogP contribution in [-0.2, 0) is 20.7 Å². The molecule has 1 aromatic carbocycles. The molecule has 7 nitrogen and oxygen atoms in total. The number of aryl methyl sites for hydroxylation is 1. The van der Waals surface area contributed by atoms with Crippen LogP contribution in [-0.4, -0.2) is 35.0 Å². The molecule has 0 radical (unpaired) electrons. The van der Waals surface area contributed by atoms with E-state index in [0.717, 1.165) is 48.6 Å². The first kappa shape index (κ1) is 20.9. The highest BCUT2D eigenvalue weighted by Gasteiger charge is 2.22. The van der Waals surface area contributed by atoms with Crippen molar-refractivity contribution in [3.8, 4) is 0 Å². The number of urea groups is 1. The SMILES string of the molecule is C[C@H](OC(=O)CCCc1c[nH]c2ccccc12)C(=O)NC(=O)NC1CCCCC1. The number of aromatic nitrogens is 1. The largest absolute Gasteiger partial charge is 0.453 e. The van der Waals surface area contributed by atoms with Crippen molar-refractivity contribution in [2.45, 2.75) is 70.4 Å². The van der Waals surface area contributed by atoms with Crippen LogP contribution in [0.4, 0.5) is 4.79 Å². The van der Waals surface area contributed by atoms with Crippen LogP contribution in [0.2, 0.25) is 0 Å². The minimum absolute atomic E-state index is 0.110. The molecule has 0 bridgehead atoms. The molecule has 0 aliphatic heterocycles. The Labute approximate surface area is 170 Å². The fraction of sp³-hybridized carbons (Fsp3) is 0.500. The lowest BCUT2D eigenvalue weighted by Crippen LogP contribution is -2.48. The smallest absolute Gasteiger partial charge is 0.321 e. The molecule has 3 N–H and O–H groups in total. The van der Waals surface area contributed by atoms with Crippen LogP contribution >= 0.6 is 0 Å². The second kappa shape index (κ2) is 10.1. The summed E-state index contributed by atoms with van der Waals surface area (Å²) in [7, 11) is 0. The molecular weight excluding hydrogens is 370 g/mol. The van der Waals surface area contributed by atoms with Gasteiger partial charge in [0.2, 0.25) is 0 Å². The van der Waals surface area contributed by atoms with E-state index in [-0.39, 0.29) is 12.5 Å². The highest BCUT2D eigenvalue weighted by molar-refractivity contribution is 5.97. The molecule has 0 saturated heterocycles. The van der Waals surface area contributed by atoms with Gasteiger partial charge in [0.15, 0.2) is 6.10 Å². The lowest BCUT2D eigenvalue weighted by Gasteiger charge is -2.23. The van der Waals surface area contributed by atoms with Crippen LogP contribution in [0.3, 0.4) is 0 Å². The van der Waals surface area contributed by atoms with Gasteiger partial charge in [-0.25, -0.2) is 4.79 Å². The number of hydrogen-bond acceptors (Lipinski definition) is 4. The van der Waals surface area contributed by atoms with Gasteiger partial charge < -0.3 is 15.0 Å². The molecule has 1 saturated carbocycles. The maximum atomic E-state index is 12.1. The maximum Gasteiger partial charge on any atom is 0.321 e. The topological polar surface area (TPSA) is 100 Å². The summed E-state index contributed by atoms with van der Waals surface area (Å²) in [4.78, 5) is 39.3. The zero-order valence-electron chi connectivity index (χ0n) is 16.8. The Kier molecular flexibility index (Phi) is 7.27. The van der Waals surface area contributed by atoms with Gasteiger partial charge in [0.25, 0.3) is 5.91 Å². The van der Waals surface area contributed by atoms with Crippen molar-refractivity contribution in [2.24, 2.45) is 0 Å². The third-order valence-corrected chi connectivity index (χ3v) is 5.36. The van der Waals surface area contributed by atoms with Crippen LogP contribution in [0.1, 0.15) is 57.4 Å². The average molecular weight is 399 g/mol. The van der Waals surface area contributed by atoms with Crippen LogP contribution in [0.15, 0.2) is 30.5 Å². The fourth-order valence-corrected chi connectivity index (χ4v) is 3.75. The van der Waals surface area contributed by atoms with E-state index in [1.54, 1.807) is 0 Å². The number of carbonyl (C=O) groups excluding carboxylic acids is 3. The van der Waals surface area contributed by atoms with E-state index in [4.69, 9.17) is 4.74 Å². The molecule has 0 spiro atoms. The molecule has 0 unspecified atom stereocenters. The molecule has 3 rings (SSSR count). The first-order valence-electron chi connectivity index (χ1n) is 10.4. The van der Waals surface area contributed by atoms with Crippen LogP contribution in [0.5, 0.6) is 0 Å². The lowest BCUT2D eigenvalue weighted by atomic mass is 9.96. The Hall–Kier alpha value is -2.83. The van der Waals surface area contributed by atoms with Crippen molar-refractivity contribution in [3.05, 3.63) is 36.0 Å². The minimum Gasteiger partial charge on any atom is -0.453 e. The standard InChI is InChI=1S/C22H29N3O4/c1-15(21(27)25-22(28)24-17-9-3-2-4-10-17)29-20(26)13-7-8-16-14-23-19-12-6-5-11-18(16)19/h5-6,11-12,14-15,17,23H,2-4,7-10,13H2,1H3,(H2,24,25,27,28)/t15-/m0/s1. The number of rotatable bonds is 7. The lowest BCUT2D eigenvalue weighted by molar-refractivity contribution is -0.154. The van der Waals surface area contributed by atoms with Gasteiger partial charge in [0, 0.05) is 29.6 Å². The Morgan fingerprint density at radius 2 is 1.93 bits per heavy atom. The first-order valence-corrected chi connectivity index (χ1v) is 10.4. The predicted octanol–water partition coefficient (Wildman–Crippen LogP) is 3.58. The molecule has 29 heavy (non-hydrogen) atoms. The normalized spacial score (nSPS) is 15.6. The number of H-pyrrole nitrogens is 1. The summed E-state index contributed by atoms with van der Waals surface area (Å²) < 4.78 is 5.17. The molecule has 156 valence electrons. The molecular formula is C22H29N3O4. The summed E-state index contributed by atoms with van der Waals surface area (Å²) >= 11 is 0. The van der Waals surface area contributed by atoms with Gasteiger partial charge >= 0.3 is 12.0 Å². The van der Waals surface area contributed by atoms with Crippen LogP contribution < -0.4 is 10.6 Å². The Morgan fingerprint density at radius 1 is 1.17 bits per heavy atom. The Morgan fingerprint density at radius 3 is 2.72 bits per heavy atom. The molecule has 3 amide bonds. The number of benzene rings is 1. The highest BCUT2D eigenvalue weighted by atomic mass is 16.5. The number of para-hydroxylation sites is 1. The monoisotopic (exact) mass is 399 g/mol. The van der Waals surface area contributed by atoms with Gasteiger partial charge in [-0.3, -0.25) is 14.9 Å². The molecule has 1 aliphatic rings. The second-order valence-electron chi connectivity index (χ2n) is 7.64. The van der Waals surface area contributed by atoms with E-state index in [2.05, 4.69) is 15.6 Å². The summed E-state index contributed by atoms with van der Waals surface area (Å²) in [5.74, 6) is -1.05. The van der Waals surface area contributed by atoms with Gasteiger partial charge in [-0.1, -0.05) is 37.5 Å². The van der Waals surface area contributed by atoms with E-state index in [1.807, 2.05) is 30.5 Å². The van der Waals surface area contributed by atoms with E-state index in [9.17, 15) is 14.4 Å². The number of esters is 1. The van der Waals surface area contributed by atoms with Crippen LogP contribution in [0.25, 0.3) is 10.9 Å². The van der Waals surface area contributed by atoms with Crippen molar-refractivity contribution < 1.29 is 19.1 Å². The van der Waals surface area contributed by atoms with Gasteiger partial charge in [-0.05, 0) is 44.2 Å². The molecule has 1 heterocycles. The average Bonchev–Trinajstić information content (AvgIpc) is 3.12. The molecule has 1 atom stereocenters. The minimum atomic E-state index is -1.01. The molecule has 1 aliphatic carbocycles. The number of hydrogen-bond donors (Lipinski definition) is 3. The molecule has 7 heteroatoms. The van der Waals surface area contributed by atoms with E-state index in [0.29, 0.717) is 6.42 Å². The quantitative estimate of drug-likeness (QED) is 0.620. The van der Waals surface area contributed by atoms with Crippen molar-refractivity contribution in [1.29, 1.82) is 0 Å². The fourth-order valence-electron chi connectivity index (χ4n) is 3.75. The number of imide groups is 1. The zero-order chi connectivity index (χ0) is 20.6. The van der Waals surface area contributed by atoms with E-state index >= 15 is 0 Å². The Balaban J connectivity index is 1.36. The number of ether oxygens (including phenoxy) is 1. The molecule has 1 fully saturated rings. The highest BCUT2D eigenvalue weighted by Crippen LogP contribution is 2.19. The van der Waals surface area contributed by atoms with Crippen molar-refractivity contribution in [3.63, 3.8) is 0 Å². The molecule has 2 aromatic rings. The summed E-state index contributed by atoms with van der Waals surface area (Å²) in [5, 5.41) is 6.22. The first-order chi connectivity index (χ1) is 14.0. The molecule has 1 aromatic heterocycles. The Bertz CT molecular complexity index is 855. The number of carbonyl (C=O) groups is 3. The van der Waals surface area contributed by atoms with Gasteiger partial charge in [0.1, 0.15) is 0 Å². The zero-order valence-corrected chi connectivity index (χ0v) is 16.8.